The first kappa shape index (κ1) is 8.34. The third kappa shape index (κ3) is 4.50. The van der Waals surface area contributed by atoms with Crippen molar-refractivity contribution in [3.8, 4) is 0 Å². The Morgan fingerprint density at radius 2 is 2.50 bits per heavy atom. The van der Waals surface area contributed by atoms with Crippen molar-refractivity contribution in [2.24, 2.45) is 0 Å². The molecule has 2 nitrogen and oxygen atoms in total. The molecule has 0 spiro atoms. The standard InChI is InChI=1S/C3H6NOPS2/c5-3(1-2-7)4-6-8/h7H,1-2H2,(H,4,5,8). The fourth-order valence-electron chi connectivity index (χ4n) is 0.208. The first-order valence-corrected chi connectivity index (χ1v) is 4.57. The fourth-order valence-corrected chi connectivity index (χ4v) is 0.931. The van der Waals surface area contributed by atoms with Crippen molar-refractivity contribution < 1.29 is 4.79 Å². The van der Waals surface area contributed by atoms with E-state index in [-0.39, 0.29) is 5.91 Å². The van der Waals surface area contributed by atoms with Gasteiger partial charge in [0.15, 0.2) is 0 Å². The van der Waals surface area contributed by atoms with Crippen LogP contribution in [0.1, 0.15) is 6.42 Å². The summed E-state index contributed by atoms with van der Waals surface area (Å²) in [6.45, 7) is 0. The van der Waals surface area contributed by atoms with Crippen LogP contribution >= 0.6 is 20.1 Å². The third-order valence-corrected chi connectivity index (χ3v) is 1.35. The monoisotopic (exact) mass is 167 g/mol. The third-order valence-electron chi connectivity index (χ3n) is 0.509. The summed E-state index contributed by atoms with van der Waals surface area (Å²) in [5.74, 6) is 0.549. The van der Waals surface area contributed by atoms with Gasteiger partial charge in [0.1, 0.15) is 0 Å². The maximum atomic E-state index is 10.4. The lowest BCUT2D eigenvalue weighted by Crippen LogP contribution is -2.11. The number of hydrogen-bond donors (Lipinski definition) is 2. The van der Waals surface area contributed by atoms with Crippen LogP contribution in [0.2, 0.25) is 0 Å². The summed E-state index contributed by atoms with van der Waals surface area (Å²) in [5.41, 5.74) is 0. The Bertz CT molecular complexity index is 97.3. The molecule has 0 rings (SSSR count). The normalized spacial score (nSPS) is 9.12. The maximum absolute atomic E-state index is 10.4. The van der Waals surface area contributed by atoms with Gasteiger partial charge in [-0.3, -0.25) is 9.88 Å². The van der Waals surface area contributed by atoms with E-state index in [1.807, 2.05) is 0 Å². The molecular weight excluding hydrogens is 161 g/mol. The van der Waals surface area contributed by atoms with Gasteiger partial charge in [-0.05, 0) is 17.6 Å². The number of carbonyl (C=O) groups is 1. The number of nitrogens with one attached hydrogen (secondary N) is 1. The molecule has 0 aromatic carbocycles. The zero-order valence-electron chi connectivity index (χ0n) is 4.13. The molecule has 0 heterocycles. The topological polar surface area (TPSA) is 29.1 Å². The van der Waals surface area contributed by atoms with Crippen LogP contribution in [0.4, 0.5) is 0 Å². The van der Waals surface area contributed by atoms with Crippen LogP contribution in [-0.4, -0.2) is 11.7 Å². The summed E-state index contributed by atoms with van der Waals surface area (Å²) in [6.07, 6.45) is 0.451. The zero-order valence-corrected chi connectivity index (χ0v) is 6.73. The SMILES string of the molecule is O=C(CCS)NP=S. The van der Waals surface area contributed by atoms with Crippen LogP contribution in [0, 0.1) is 0 Å². The highest BCUT2D eigenvalue weighted by Gasteiger charge is 1.93. The van der Waals surface area contributed by atoms with Crippen LogP contribution in [0.15, 0.2) is 0 Å². The van der Waals surface area contributed by atoms with Gasteiger partial charge in [-0.1, -0.05) is 0 Å². The van der Waals surface area contributed by atoms with E-state index in [2.05, 4.69) is 29.5 Å². The van der Waals surface area contributed by atoms with E-state index in [4.69, 9.17) is 0 Å². The Balaban J connectivity index is 3.18. The molecule has 5 heteroatoms. The Morgan fingerprint density at radius 1 is 1.88 bits per heavy atom. The second-order valence-electron chi connectivity index (χ2n) is 1.10. The summed E-state index contributed by atoms with van der Waals surface area (Å²) < 4.78 is 0. The first-order chi connectivity index (χ1) is 3.81. The molecule has 1 N–H and O–H groups in total. The number of rotatable bonds is 3. The molecule has 8 heavy (non-hydrogen) atoms. The zero-order chi connectivity index (χ0) is 6.41. The summed E-state index contributed by atoms with van der Waals surface area (Å²) >= 11 is 8.31. The summed E-state index contributed by atoms with van der Waals surface area (Å²) in [4.78, 5) is 10.4. The lowest BCUT2D eigenvalue weighted by atomic mass is 10.5. The molecule has 0 aromatic heterocycles. The van der Waals surface area contributed by atoms with Crippen LogP contribution in [0.3, 0.4) is 0 Å². The fraction of sp³-hybridized carbons (Fsp3) is 0.667. The van der Waals surface area contributed by atoms with Gasteiger partial charge >= 0.3 is 0 Å². The molecular formula is C3H6NOPS2. The maximum Gasteiger partial charge on any atom is 0.228 e. The van der Waals surface area contributed by atoms with E-state index >= 15 is 0 Å². The highest BCUT2D eigenvalue weighted by atomic mass is 32.4. The minimum Gasteiger partial charge on any atom is -0.300 e. The molecule has 0 aliphatic heterocycles. The predicted molar refractivity (Wildman–Crippen MR) is 40.9 cm³/mol. The van der Waals surface area contributed by atoms with Crippen LogP contribution < -0.4 is 5.09 Å². The van der Waals surface area contributed by atoms with E-state index in [9.17, 15) is 4.79 Å². The van der Waals surface area contributed by atoms with E-state index < -0.39 is 0 Å². The molecule has 0 saturated carbocycles. The van der Waals surface area contributed by atoms with E-state index in [1.165, 1.54) is 0 Å². The van der Waals surface area contributed by atoms with Crippen molar-refractivity contribution in [3.63, 3.8) is 0 Å². The van der Waals surface area contributed by atoms with Crippen molar-refractivity contribution in [1.82, 2.24) is 5.09 Å². The molecule has 0 bridgehead atoms. The lowest BCUT2D eigenvalue weighted by molar-refractivity contribution is -0.118. The second-order valence-corrected chi connectivity index (χ2v) is 2.50. The van der Waals surface area contributed by atoms with Crippen LogP contribution in [-0.2, 0) is 16.6 Å². The largest absolute Gasteiger partial charge is 0.300 e. The van der Waals surface area contributed by atoms with Gasteiger partial charge in [0, 0.05) is 6.42 Å². The molecule has 46 valence electrons. The van der Waals surface area contributed by atoms with Crippen LogP contribution in [0.5, 0.6) is 0 Å². The van der Waals surface area contributed by atoms with E-state index in [0.29, 0.717) is 19.7 Å². The minimum atomic E-state index is -0.0309. The molecule has 0 radical (unpaired) electrons. The number of hydrogen-bond acceptors (Lipinski definition) is 3. The quantitative estimate of drug-likeness (QED) is 0.479. The van der Waals surface area contributed by atoms with Gasteiger partial charge in [-0.15, -0.1) is 0 Å². The predicted octanol–water partition coefficient (Wildman–Crippen LogP) is 0.746. The van der Waals surface area contributed by atoms with Gasteiger partial charge in [0.05, 0.1) is 7.51 Å². The van der Waals surface area contributed by atoms with Crippen molar-refractivity contribution in [2.75, 3.05) is 5.75 Å². The molecule has 1 amide bonds. The molecule has 0 unspecified atom stereocenters. The summed E-state index contributed by atoms with van der Waals surface area (Å²) in [7, 11) is 0.499. The van der Waals surface area contributed by atoms with Crippen molar-refractivity contribution in [3.05, 3.63) is 0 Å². The number of thiol groups is 1. The minimum absolute atomic E-state index is 0.0309. The number of amides is 1. The van der Waals surface area contributed by atoms with Gasteiger partial charge < -0.3 is 0 Å². The van der Waals surface area contributed by atoms with Gasteiger partial charge in [0.2, 0.25) is 5.91 Å². The first-order valence-electron chi connectivity index (χ1n) is 2.03. The molecule has 0 atom stereocenters. The van der Waals surface area contributed by atoms with Gasteiger partial charge in [-0.25, -0.2) is 0 Å². The summed E-state index contributed by atoms with van der Waals surface area (Å²) in [5, 5.41) is 2.45. The summed E-state index contributed by atoms with van der Waals surface area (Å²) in [6, 6.07) is 0. The molecule has 0 saturated heterocycles. The highest BCUT2D eigenvalue weighted by Crippen LogP contribution is 1.87. The average molecular weight is 167 g/mol. The van der Waals surface area contributed by atoms with Gasteiger partial charge in [-0.2, -0.15) is 12.6 Å². The Labute approximate surface area is 60.3 Å². The smallest absolute Gasteiger partial charge is 0.228 e. The molecule has 0 aliphatic rings. The van der Waals surface area contributed by atoms with Crippen molar-refractivity contribution >= 4 is 37.8 Å². The Hall–Kier alpha value is 0.340. The van der Waals surface area contributed by atoms with Gasteiger partial charge in [0.25, 0.3) is 0 Å². The molecule has 0 aromatic rings. The van der Waals surface area contributed by atoms with Crippen molar-refractivity contribution in [1.29, 1.82) is 0 Å². The highest BCUT2D eigenvalue weighted by molar-refractivity contribution is 7.95. The second kappa shape index (κ2) is 5.48. The molecule has 0 aliphatic carbocycles. The average Bonchev–Trinajstić information content (AvgIpc) is 1.68. The Morgan fingerprint density at radius 3 is 2.88 bits per heavy atom. The molecule has 0 fully saturated rings. The van der Waals surface area contributed by atoms with Crippen LogP contribution in [0.25, 0.3) is 0 Å². The Kier molecular flexibility index (Phi) is 5.71. The van der Waals surface area contributed by atoms with Crippen molar-refractivity contribution in [2.45, 2.75) is 6.42 Å². The van der Waals surface area contributed by atoms with E-state index in [0.717, 1.165) is 0 Å². The number of carbonyl (C=O) groups excluding carboxylic acids is 1. The lowest BCUT2D eigenvalue weighted by Gasteiger charge is -1.90. The van der Waals surface area contributed by atoms with E-state index in [1.54, 1.807) is 0 Å².